The van der Waals surface area contributed by atoms with Gasteiger partial charge in [0.2, 0.25) is 0 Å². The lowest BCUT2D eigenvalue weighted by molar-refractivity contribution is 0.604. The van der Waals surface area contributed by atoms with Gasteiger partial charge in [0.15, 0.2) is 0 Å². The van der Waals surface area contributed by atoms with Crippen LogP contribution in [0.1, 0.15) is 29.8 Å². The van der Waals surface area contributed by atoms with Crippen molar-refractivity contribution in [3.8, 4) is 0 Å². The number of benzene rings is 1. The topological polar surface area (TPSA) is 12.0 Å². The summed E-state index contributed by atoms with van der Waals surface area (Å²) in [5.74, 6) is 0. The lowest BCUT2D eigenvalue weighted by Crippen LogP contribution is -2.23. The third kappa shape index (κ3) is 3.82. The van der Waals surface area contributed by atoms with E-state index in [-0.39, 0.29) is 6.04 Å². The summed E-state index contributed by atoms with van der Waals surface area (Å²) in [5.41, 5.74) is 1.10. The van der Waals surface area contributed by atoms with Crippen LogP contribution in [0.5, 0.6) is 0 Å². The van der Waals surface area contributed by atoms with Gasteiger partial charge in [0.1, 0.15) is 0 Å². The lowest BCUT2D eigenvalue weighted by atomic mass is 10.1. The van der Waals surface area contributed by atoms with Crippen LogP contribution in [0.15, 0.2) is 38.6 Å². The lowest BCUT2D eigenvalue weighted by Gasteiger charge is -2.20. The molecule has 2 aromatic rings. The van der Waals surface area contributed by atoms with E-state index < -0.39 is 0 Å². The highest BCUT2D eigenvalue weighted by atomic mass is 79.9. The zero-order chi connectivity index (χ0) is 13.8. The van der Waals surface area contributed by atoms with Crippen LogP contribution >= 0.6 is 54.8 Å². The molecule has 0 saturated heterocycles. The summed E-state index contributed by atoms with van der Waals surface area (Å²) in [4.78, 5) is 1.26. The Morgan fingerprint density at radius 2 is 2.11 bits per heavy atom. The third-order valence-electron chi connectivity index (χ3n) is 2.77. The number of hydrogen-bond acceptors (Lipinski definition) is 2. The fourth-order valence-electron chi connectivity index (χ4n) is 1.88. The fraction of sp³-hybridized carbons (Fsp3) is 0.286. The van der Waals surface area contributed by atoms with Crippen molar-refractivity contribution in [3.63, 3.8) is 0 Å². The largest absolute Gasteiger partial charge is 0.306 e. The molecule has 0 saturated carbocycles. The van der Waals surface area contributed by atoms with Gasteiger partial charge >= 0.3 is 0 Å². The van der Waals surface area contributed by atoms with Crippen LogP contribution in [0.3, 0.4) is 0 Å². The summed E-state index contributed by atoms with van der Waals surface area (Å²) in [5, 5.41) is 6.45. The van der Waals surface area contributed by atoms with Gasteiger partial charge < -0.3 is 5.32 Å². The molecule has 0 aliphatic rings. The summed E-state index contributed by atoms with van der Waals surface area (Å²) in [6, 6.07) is 8.18. The van der Waals surface area contributed by atoms with Crippen molar-refractivity contribution in [3.05, 3.63) is 54.1 Å². The molecule has 0 radical (unpaired) electrons. The smallest absolute Gasteiger partial charge is 0.0697 e. The molecule has 0 aliphatic carbocycles. The van der Waals surface area contributed by atoms with Crippen LogP contribution < -0.4 is 5.32 Å². The molecule has 1 nitrogen and oxygen atoms in total. The fourth-order valence-corrected chi connectivity index (χ4v) is 4.18. The van der Waals surface area contributed by atoms with Gasteiger partial charge in [-0.15, -0.1) is 11.3 Å². The maximum atomic E-state index is 6.37. The van der Waals surface area contributed by atoms with Gasteiger partial charge in [-0.1, -0.05) is 34.5 Å². The molecule has 2 rings (SSSR count). The highest BCUT2D eigenvalue weighted by Crippen LogP contribution is 2.37. The molecule has 102 valence electrons. The van der Waals surface area contributed by atoms with Crippen molar-refractivity contribution < 1.29 is 0 Å². The van der Waals surface area contributed by atoms with E-state index in [1.165, 1.54) is 4.88 Å². The Bertz CT molecular complexity index is 556. The van der Waals surface area contributed by atoms with E-state index in [4.69, 9.17) is 11.6 Å². The van der Waals surface area contributed by atoms with E-state index in [9.17, 15) is 0 Å². The number of nitrogens with one attached hydrogen (secondary N) is 1. The first-order chi connectivity index (χ1) is 9.13. The molecule has 1 N–H and O–H groups in total. The first-order valence-electron chi connectivity index (χ1n) is 6.04. The molecule has 1 atom stereocenters. The van der Waals surface area contributed by atoms with Crippen LogP contribution in [0, 0.1) is 0 Å². The standard InChI is InChI=1S/C14H14Br2ClNS/c1-2-6-18-13(14-11(16)5-7-19-14)10-8-9(15)3-4-12(10)17/h3-5,7-8,13,18H,2,6H2,1H3. The zero-order valence-electron chi connectivity index (χ0n) is 10.4. The quantitative estimate of drug-likeness (QED) is 0.620. The minimum absolute atomic E-state index is 0.124. The Kier molecular flexibility index (Phi) is 5.90. The van der Waals surface area contributed by atoms with Crippen LogP contribution in [-0.4, -0.2) is 6.54 Å². The van der Waals surface area contributed by atoms with E-state index in [1.54, 1.807) is 11.3 Å². The number of hydrogen-bond donors (Lipinski definition) is 1. The number of rotatable bonds is 5. The Balaban J connectivity index is 2.42. The molecule has 0 fully saturated rings. The molecule has 1 unspecified atom stereocenters. The van der Waals surface area contributed by atoms with Crippen LogP contribution in [0.2, 0.25) is 5.02 Å². The van der Waals surface area contributed by atoms with Gasteiger partial charge in [-0.2, -0.15) is 0 Å². The number of halogens is 3. The van der Waals surface area contributed by atoms with E-state index >= 15 is 0 Å². The monoisotopic (exact) mass is 421 g/mol. The van der Waals surface area contributed by atoms with Gasteiger partial charge in [0.05, 0.1) is 6.04 Å². The molecular formula is C14H14Br2ClNS. The molecular weight excluding hydrogens is 409 g/mol. The van der Waals surface area contributed by atoms with E-state index in [0.29, 0.717) is 0 Å². The predicted molar refractivity (Wildman–Crippen MR) is 91.3 cm³/mol. The second kappa shape index (κ2) is 7.23. The average Bonchev–Trinajstić information content (AvgIpc) is 2.80. The van der Waals surface area contributed by atoms with Gasteiger partial charge in [0, 0.05) is 18.8 Å². The molecule has 1 heterocycles. The van der Waals surface area contributed by atoms with Crippen molar-refractivity contribution in [2.24, 2.45) is 0 Å². The second-order valence-electron chi connectivity index (χ2n) is 4.19. The Labute approximate surface area is 139 Å². The SMILES string of the molecule is CCCNC(c1cc(Br)ccc1Cl)c1sccc1Br. The second-order valence-corrected chi connectivity index (χ2v) is 7.31. The van der Waals surface area contributed by atoms with Gasteiger partial charge in [-0.3, -0.25) is 0 Å². The Morgan fingerprint density at radius 3 is 2.74 bits per heavy atom. The summed E-state index contributed by atoms with van der Waals surface area (Å²) < 4.78 is 2.17. The molecule has 0 bridgehead atoms. The Hall–Kier alpha value is 0.130. The molecule has 0 amide bonds. The van der Waals surface area contributed by atoms with Crippen molar-refractivity contribution in [2.45, 2.75) is 19.4 Å². The Morgan fingerprint density at radius 1 is 1.32 bits per heavy atom. The maximum Gasteiger partial charge on any atom is 0.0697 e. The van der Waals surface area contributed by atoms with Gasteiger partial charge in [0.25, 0.3) is 0 Å². The first kappa shape index (κ1) is 15.5. The first-order valence-corrected chi connectivity index (χ1v) is 8.89. The minimum atomic E-state index is 0.124. The summed E-state index contributed by atoms with van der Waals surface area (Å²) in [7, 11) is 0. The van der Waals surface area contributed by atoms with E-state index in [0.717, 1.165) is 32.5 Å². The zero-order valence-corrected chi connectivity index (χ0v) is 15.2. The van der Waals surface area contributed by atoms with Crippen molar-refractivity contribution in [1.29, 1.82) is 0 Å². The summed E-state index contributed by atoms with van der Waals surface area (Å²) in [6.45, 7) is 3.12. The van der Waals surface area contributed by atoms with E-state index in [2.05, 4.69) is 61.6 Å². The summed E-state index contributed by atoms with van der Waals surface area (Å²) >= 11 is 15.2. The molecule has 5 heteroatoms. The van der Waals surface area contributed by atoms with Crippen molar-refractivity contribution in [1.82, 2.24) is 5.32 Å². The van der Waals surface area contributed by atoms with Crippen molar-refractivity contribution in [2.75, 3.05) is 6.54 Å². The molecule has 0 aliphatic heterocycles. The number of thiophene rings is 1. The molecule has 19 heavy (non-hydrogen) atoms. The normalized spacial score (nSPS) is 12.6. The van der Waals surface area contributed by atoms with Gasteiger partial charge in [-0.05, 0) is 64.1 Å². The van der Waals surface area contributed by atoms with Crippen LogP contribution in [0.4, 0.5) is 0 Å². The molecule has 0 spiro atoms. The minimum Gasteiger partial charge on any atom is -0.306 e. The van der Waals surface area contributed by atoms with Crippen LogP contribution in [0.25, 0.3) is 0 Å². The molecule has 1 aromatic carbocycles. The van der Waals surface area contributed by atoms with Crippen LogP contribution in [-0.2, 0) is 0 Å². The predicted octanol–water partition coefficient (Wildman–Crippen LogP) is 6.02. The molecule has 1 aromatic heterocycles. The van der Waals surface area contributed by atoms with Gasteiger partial charge in [-0.25, -0.2) is 0 Å². The average molecular weight is 424 g/mol. The van der Waals surface area contributed by atoms with E-state index in [1.807, 2.05) is 12.1 Å². The van der Waals surface area contributed by atoms with Crippen molar-refractivity contribution >= 4 is 54.8 Å². The highest BCUT2D eigenvalue weighted by molar-refractivity contribution is 9.10. The highest BCUT2D eigenvalue weighted by Gasteiger charge is 2.20. The summed E-state index contributed by atoms with van der Waals surface area (Å²) in [6.07, 6.45) is 1.09. The third-order valence-corrected chi connectivity index (χ3v) is 5.55. The maximum absolute atomic E-state index is 6.37.